The fourth-order valence-electron chi connectivity index (χ4n) is 0.807. The van der Waals surface area contributed by atoms with E-state index in [1.807, 2.05) is 0 Å². The smallest absolute Gasteiger partial charge is 0.415 e. The topological polar surface area (TPSA) is 104 Å². The number of aliphatic carboxylic acids is 1. The van der Waals surface area contributed by atoms with Crippen molar-refractivity contribution < 1.29 is 36.6 Å². The molecule has 0 heterocycles. The summed E-state index contributed by atoms with van der Waals surface area (Å²) in [6, 6.07) is 0. The lowest BCUT2D eigenvalue weighted by Crippen LogP contribution is -2.41. The Morgan fingerprint density at radius 1 is 1.35 bits per heavy atom. The number of carboxylic acids is 1. The van der Waals surface area contributed by atoms with Crippen molar-refractivity contribution in [2.75, 3.05) is 12.3 Å². The molecule has 0 spiro atoms. The summed E-state index contributed by atoms with van der Waals surface area (Å²) in [6.45, 7) is -1.18. The number of sulfonamides is 1. The molecular formula is C7H12F3NO5S. The average molecular weight is 279 g/mol. The first kappa shape index (κ1) is 16.1. The van der Waals surface area contributed by atoms with Gasteiger partial charge in [0.25, 0.3) is 0 Å². The van der Waals surface area contributed by atoms with Crippen LogP contribution in [0, 0.1) is 0 Å². The van der Waals surface area contributed by atoms with Crippen molar-refractivity contribution in [2.24, 2.45) is 0 Å². The molecular weight excluding hydrogens is 267 g/mol. The molecule has 10 heteroatoms. The molecule has 0 aliphatic rings. The first-order valence-electron chi connectivity index (χ1n) is 4.48. The highest BCUT2D eigenvalue weighted by Crippen LogP contribution is 2.19. The predicted molar refractivity (Wildman–Crippen MR) is 50.7 cm³/mol. The lowest BCUT2D eigenvalue weighted by atomic mass is 10.3. The number of hydrogen-bond acceptors (Lipinski definition) is 4. The molecule has 102 valence electrons. The number of halogens is 3. The minimum atomic E-state index is -4.90. The third-order valence-corrected chi connectivity index (χ3v) is 3.11. The van der Waals surface area contributed by atoms with E-state index in [1.165, 1.54) is 0 Å². The molecule has 17 heavy (non-hydrogen) atoms. The minimum absolute atomic E-state index is 0.215. The first-order chi connectivity index (χ1) is 7.54. The van der Waals surface area contributed by atoms with Crippen LogP contribution in [0.4, 0.5) is 13.2 Å². The Labute approximate surface area is 95.5 Å². The number of carboxylic acid groups (broad SMARTS) is 1. The molecule has 0 amide bonds. The molecule has 0 radical (unpaired) electrons. The Balaban J connectivity index is 4.06. The number of aliphatic hydroxyl groups is 1. The number of rotatable bonds is 7. The standard InChI is InChI=1S/C7H12F3NO5S/c8-7(9,10)5(12)4-11-17(15,16)3-1-2-6(13)14/h5,11-12H,1-4H2,(H,13,14). The van der Waals surface area contributed by atoms with Gasteiger partial charge in [0.1, 0.15) is 0 Å². The number of alkyl halides is 3. The van der Waals surface area contributed by atoms with Crippen LogP contribution < -0.4 is 4.72 Å². The molecule has 0 fully saturated rings. The molecule has 0 aliphatic heterocycles. The van der Waals surface area contributed by atoms with Gasteiger partial charge in [-0.15, -0.1) is 0 Å². The summed E-state index contributed by atoms with van der Waals surface area (Å²) < 4.78 is 59.1. The molecule has 0 rings (SSSR count). The van der Waals surface area contributed by atoms with E-state index in [0.717, 1.165) is 0 Å². The lowest BCUT2D eigenvalue weighted by Gasteiger charge is -2.14. The highest BCUT2D eigenvalue weighted by atomic mass is 32.2. The van der Waals surface area contributed by atoms with Gasteiger partial charge in [-0.3, -0.25) is 4.79 Å². The second-order valence-corrected chi connectivity index (χ2v) is 5.15. The summed E-state index contributed by atoms with van der Waals surface area (Å²) in [7, 11) is -4.01. The molecule has 1 atom stereocenters. The maximum absolute atomic E-state index is 11.8. The number of nitrogens with one attached hydrogen (secondary N) is 1. The maximum atomic E-state index is 11.8. The number of aliphatic hydroxyl groups excluding tert-OH is 1. The van der Waals surface area contributed by atoms with Crippen LogP contribution >= 0.6 is 0 Å². The van der Waals surface area contributed by atoms with Gasteiger partial charge in [-0.1, -0.05) is 0 Å². The number of carbonyl (C=O) groups is 1. The van der Waals surface area contributed by atoms with Crippen molar-refractivity contribution >= 4 is 16.0 Å². The lowest BCUT2D eigenvalue weighted by molar-refractivity contribution is -0.200. The summed E-state index contributed by atoms with van der Waals surface area (Å²) in [5, 5.41) is 16.7. The van der Waals surface area contributed by atoms with E-state index >= 15 is 0 Å². The number of hydrogen-bond donors (Lipinski definition) is 3. The van der Waals surface area contributed by atoms with E-state index in [2.05, 4.69) is 0 Å². The Kier molecular flexibility index (Phi) is 5.85. The fraction of sp³-hybridized carbons (Fsp3) is 0.857. The highest BCUT2D eigenvalue weighted by Gasteiger charge is 2.38. The molecule has 0 saturated carbocycles. The SMILES string of the molecule is O=C(O)CCCS(=O)(=O)NCC(O)C(F)(F)F. The summed E-state index contributed by atoms with van der Waals surface area (Å²) in [5.74, 6) is -1.81. The molecule has 0 bridgehead atoms. The second kappa shape index (κ2) is 6.17. The van der Waals surface area contributed by atoms with E-state index in [0.29, 0.717) is 0 Å². The Morgan fingerprint density at radius 3 is 2.29 bits per heavy atom. The Bertz CT molecular complexity index is 353. The van der Waals surface area contributed by atoms with Crippen molar-refractivity contribution in [3.8, 4) is 0 Å². The molecule has 1 unspecified atom stereocenters. The predicted octanol–water partition coefficient (Wildman–Crippen LogP) is -0.306. The fourth-order valence-corrected chi connectivity index (χ4v) is 1.89. The van der Waals surface area contributed by atoms with Gasteiger partial charge in [0.05, 0.1) is 5.75 Å². The van der Waals surface area contributed by atoms with Crippen LogP contribution in [-0.4, -0.2) is 49.2 Å². The van der Waals surface area contributed by atoms with Gasteiger partial charge < -0.3 is 10.2 Å². The third-order valence-electron chi connectivity index (χ3n) is 1.68. The van der Waals surface area contributed by atoms with Crippen molar-refractivity contribution in [3.63, 3.8) is 0 Å². The van der Waals surface area contributed by atoms with Gasteiger partial charge in [0.15, 0.2) is 6.10 Å². The third kappa shape index (κ3) is 7.94. The second-order valence-electron chi connectivity index (χ2n) is 3.22. The van der Waals surface area contributed by atoms with Gasteiger partial charge in [0.2, 0.25) is 10.0 Å². The van der Waals surface area contributed by atoms with E-state index in [1.54, 1.807) is 4.72 Å². The zero-order valence-corrected chi connectivity index (χ0v) is 9.38. The van der Waals surface area contributed by atoms with E-state index in [-0.39, 0.29) is 6.42 Å². The zero-order valence-electron chi connectivity index (χ0n) is 8.57. The summed E-state index contributed by atoms with van der Waals surface area (Å²) in [6.07, 6.45) is -8.30. The molecule has 0 aliphatic carbocycles. The normalized spacial score (nSPS) is 14.6. The molecule has 3 N–H and O–H groups in total. The van der Waals surface area contributed by atoms with Crippen molar-refractivity contribution in [2.45, 2.75) is 25.1 Å². The van der Waals surface area contributed by atoms with Crippen molar-refractivity contribution in [1.82, 2.24) is 4.72 Å². The monoisotopic (exact) mass is 279 g/mol. The van der Waals surface area contributed by atoms with Crippen LogP contribution in [0.15, 0.2) is 0 Å². The van der Waals surface area contributed by atoms with Gasteiger partial charge >= 0.3 is 12.1 Å². The molecule has 6 nitrogen and oxygen atoms in total. The quantitative estimate of drug-likeness (QED) is 0.593. The summed E-state index contributed by atoms with van der Waals surface area (Å²) in [5.41, 5.74) is 0. The van der Waals surface area contributed by atoms with Crippen LogP contribution in [0.2, 0.25) is 0 Å². The molecule has 0 aromatic carbocycles. The van der Waals surface area contributed by atoms with E-state index < -0.39 is 47.0 Å². The van der Waals surface area contributed by atoms with Crippen LogP contribution in [0.3, 0.4) is 0 Å². The summed E-state index contributed by atoms with van der Waals surface area (Å²) in [4.78, 5) is 10.1. The van der Waals surface area contributed by atoms with Crippen LogP contribution in [0.1, 0.15) is 12.8 Å². The first-order valence-corrected chi connectivity index (χ1v) is 6.14. The minimum Gasteiger partial charge on any atom is -0.481 e. The summed E-state index contributed by atoms with van der Waals surface area (Å²) >= 11 is 0. The maximum Gasteiger partial charge on any atom is 0.415 e. The van der Waals surface area contributed by atoms with Gasteiger partial charge in [-0.25, -0.2) is 13.1 Å². The molecule has 0 aromatic rings. The average Bonchev–Trinajstić information content (AvgIpc) is 2.11. The van der Waals surface area contributed by atoms with E-state index in [9.17, 15) is 26.4 Å². The zero-order chi connectivity index (χ0) is 13.7. The van der Waals surface area contributed by atoms with Crippen LogP contribution in [-0.2, 0) is 14.8 Å². The van der Waals surface area contributed by atoms with Gasteiger partial charge in [-0.05, 0) is 6.42 Å². The highest BCUT2D eigenvalue weighted by molar-refractivity contribution is 7.89. The van der Waals surface area contributed by atoms with Crippen LogP contribution in [0.5, 0.6) is 0 Å². The van der Waals surface area contributed by atoms with Crippen LogP contribution in [0.25, 0.3) is 0 Å². The Morgan fingerprint density at radius 2 is 1.88 bits per heavy atom. The van der Waals surface area contributed by atoms with Crippen molar-refractivity contribution in [3.05, 3.63) is 0 Å². The molecule has 0 aromatic heterocycles. The van der Waals surface area contributed by atoms with E-state index in [4.69, 9.17) is 10.2 Å². The largest absolute Gasteiger partial charge is 0.481 e. The molecule has 0 saturated heterocycles. The van der Waals surface area contributed by atoms with Crippen molar-refractivity contribution in [1.29, 1.82) is 0 Å². The van der Waals surface area contributed by atoms with Gasteiger partial charge in [-0.2, -0.15) is 13.2 Å². The Hall–Kier alpha value is -0.870. The van der Waals surface area contributed by atoms with Gasteiger partial charge in [0, 0.05) is 13.0 Å².